The monoisotopic (exact) mass is 431 g/mol. The minimum atomic E-state index is -0.444. The van der Waals surface area contributed by atoms with Crippen molar-refractivity contribution in [3.8, 4) is 11.4 Å². The summed E-state index contributed by atoms with van der Waals surface area (Å²) in [7, 11) is 0. The van der Waals surface area contributed by atoms with Gasteiger partial charge in [-0.3, -0.25) is 9.59 Å². The van der Waals surface area contributed by atoms with Gasteiger partial charge in [-0.1, -0.05) is 66.5 Å². The van der Waals surface area contributed by atoms with Crippen molar-refractivity contribution >= 4 is 17.6 Å². The Kier molecular flexibility index (Phi) is 5.71. The normalized spacial score (nSPS) is 20.1. The number of fused-ring (bicyclic) bond motifs is 1. The Hall–Kier alpha value is -3.48. The summed E-state index contributed by atoms with van der Waals surface area (Å²) in [5, 5.41) is 3.96. The molecule has 0 radical (unpaired) electrons. The molecule has 1 aliphatic carbocycles. The SMILES string of the molecule is O=C(OCc1nc(-c2ccccc2)no1)C1CCCCC1C(=O)N1CCc2ccccc21. The predicted octanol–water partition coefficient (Wildman–Crippen LogP) is 4.18. The van der Waals surface area contributed by atoms with Gasteiger partial charge in [0.2, 0.25) is 11.7 Å². The van der Waals surface area contributed by atoms with E-state index in [1.165, 1.54) is 5.56 Å². The van der Waals surface area contributed by atoms with Gasteiger partial charge < -0.3 is 14.2 Å². The molecule has 1 aromatic heterocycles. The summed E-state index contributed by atoms with van der Waals surface area (Å²) in [6, 6.07) is 17.5. The minimum Gasteiger partial charge on any atom is -0.455 e. The zero-order chi connectivity index (χ0) is 21.9. The van der Waals surface area contributed by atoms with Crippen LogP contribution < -0.4 is 4.90 Å². The van der Waals surface area contributed by atoms with Crippen molar-refractivity contribution < 1.29 is 18.8 Å². The minimum absolute atomic E-state index is 0.0285. The Morgan fingerprint density at radius 2 is 1.75 bits per heavy atom. The molecule has 0 bridgehead atoms. The molecule has 5 rings (SSSR count). The third kappa shape index (κ3) is 4.02. The molecule has 1 amide bonds. The van der Waals surface area contributed by atoms with Crippen LogP contribution in [-0.2, 0) is 27.4 Å². The zero-order valence-electron chi connectivity index (χ0n) is 17.8. The maximum Gasteiger partial charge on any atom is 0.310 e. The van der Waals surface area contributed by atoms with Gasteiger partial charge in [0.05, 0.1) is 11.8 Å². The van der Waals surface area contributed by atoms with Gasteiger partial charge in [-0.25, -0.2) is 0 Å². The summed E-state index contributed by atoms with van der Waals surface area (Å²) >= 11 is 0. The van der Waals surface area contributed by atoms with Gasteiger partial charge in [0, 0.05) is 17.8 Å². The number of ether oxygens (including phenoxy) is 1. The number of aromatic nitrogens is 2. The fraction of sp³-hybridized carbons (Fsp3) is 0.360. The highest BCUT2D eigenvalue weighted by Crippen LogP contribution is 2.36. The lowest BCUT2D eigenvalue weighted by Gasteiger charge is -2.32. The van der Waals surface area contributed by atoms with Crippen LogP contribution in [0.3, 0.4) is 0 Å². The van der Waals surface area contributed by atoms with Gasteiger partial charge in [0.25, 0.3) is 5.89 Å². The van der Waals surface area contributed by atoms with Crippen LogP contribution in [0.5, 0.6) is 0 Å². The first-order valence-corrected chi connectivity index (χ1v) is 11.1. The lowest BCUT2D eigenvalue weighted by atomic mass is 9.78. The summed E-state index contributed by atoms with van der Waals surface area (Å²) in [5.41, 5.74) is 2.98. The summed E-state index contributed by atoms with van der Waals surface area (Å²) in [4.78, 5) is 32.5. The Balaban J connectivity index is 1.25. The molecule has 7 nitrogen and oxygen atoms in total. The van der Waals surface area contributed by atoms with Crippen molar-refractivity contribution in [3.05, 3.63) is 66.1 Å². The second kappa shape index (κ2) is 8.94. The summed E-state index contributed by atoms with van der Waals surface area (Å²) in [6.07, 6.45) is 4.07. The van der Waals surface area contributed by atoms with E-state index in [0.29, 0.717) is 25.2 Å². The molecule has 0 saturated heterocycles. The van der Waals surface area contributed by atoms with Gasteiger partial charge in [-0.2, -0.15) is 4.98 Å². The first kappa shape index (κ1) is 20.4. The van der Waals surface area contributed by atoms with E-state index >= 15 is 0 Å². The Labute approximate surface area is 186 Å². The third-order valence-electron chi connectivity index (χ3n) is 6.38. The summed E-state index contributed by atoms with van der Waals surface area (Å²) in [6.45, 7) is 0.573. The topological polar surface area (TPSA) is 85.5 Å². The molecule has 2 unspecified atom stereocenters. The average molecular weight is 431 g/mol. The fourth-order valence-electron chi connectivity index (χ4n) is 4.73. The lowest BCUT2D eigenvalue weighted by molar-refractivity contribution is -0.156. The second-order valence-electron chi connectivity index (χ2n) is 8.35. The number of benzene rings is 2. The molecule has 164 valence electrons. The molecule has 1 saturated carbocycles. The zero-order valence-corrected chi connectivity index (χ0v) is 17.8. The molecule has 32 heavy (non-hydrogen) atoms. The number of hydrogen-bond donors (Lipinski definition) is 0. The number of rotatable bonds is 5. The smallest absolute Gasteiger partial charge is 0.310 e. The number of carbonyl (C=O) groups is 2. The highest BCUT2D eigenvalue weighted by molar-refractivity contribution is 5.99. The van der Waals surface area contributed by atoms with Crippen molar-refractivity contribution in [2.45, 2.75) is 38.7 Å². The molecule has 0 spiro atoms. The molecule has 2 aliphatic rings. The van der Waals surface area contributed by atoms with Crippen molar-refractivity contribution in [1.29, 1.82) is 0 Å². The van der Waals surface area contributed by atoms with Crippen LogP contribution in [0, 0.1) is 11.8 Å². The van der Waals surface area contributed by atoms with Gasteiger partial charge >= 0.3 is 5.97 Å². The average Bonchev–Trinajstić information content (AvgIpc) is 3.50. The molecule has 3 aromatic rings. The van der Waals surface area contributed by atoms with Crippen molar-refractivity contribution in [2.75, 3.05) is 11.4 Å². The van der Waals surface area contributed by atoms with Gasteiger partial charge in [0.1, 0.15) is 0 Å². The van der Waals surface area contributed by atoms with Crippen LogP contribution in [0.25, 0.3) is 11.4 Å². The lowest BCUT2D eigenvalue weighted by Crippen LogP contribution is -2.42. The van der Waals surface area contributed by atoms with Crippen LogP contribution in [0.4, 0.5) is 5.69 Å². The molecule has 2 aromatic carbocycles. The highest BCUT2D eigenvalue weighted by atomic mass is 16.6. The number of nitrogens with zero attached hydrogens (tertiary/aromatic N) is 3. The quantitative estimate of drug-likeness (QED) is 0.564. The van der Waals surface area contributed by atoms with Crippen molar-refractivity contribution in [1.82, 2.24) is 10.1 Å². The van der Waals surface area contributed by atoms with E-state index in [1.807, 2.05) is 53.4 Å². The fourth-order valence-corrected chi connectivity index (χ4v) is 4.73. The van der Waals surface area contributed by atoms with Crippen molar-refractivity contribution in [3.63, 3.8) is 0 Å². The number of amides is 1. The molecule has 7 heteroatoms. The van der Waals surface area contributed by atoms with Crippen LogP contribution in [0.15, 0.2) is 59.1 Å². The van der Waals surface area contributed by atoms with Gasteiger partial charge in [-0.05, 0) is 30.9 Å². The van der Waals surface area contributed by atoms with E-state index < -0.39 is 5.92 Å². The summed E-state index contributed by atoms with van der Waals surface area (Å²) < 4.78 is 10.8. The standard InChI is InChI=1S/C25H25N3O4/c29-24(28-15-14-17-8-4-7-13-21(17)28)19-11-5-6-12-20(19)25(30)31-16-22-26-23(27-32-22)18-9-2-1-3-10-18/h1-4,7-10,13,19-20H,5-6,11-12,14-16H2. The second-order valence-corrected chi connectivity index (χ2v) is 8.35. The number of hydrogen-bond acceptors (Lipinski definition) is 6. The number of esters is 1. The number of para-hydroxylation sites is 1. The Morgan fingerprint density at radius 1 is 1.00 bits per heavy atom. The van der Waals surface area contributed by atoms with E-state index in [2.05, 4.69) is 16.2 Å². The maximum atomic E-state index is 13.4. The molecule has 1 fully saturated rings. The molecular formula is C25H25N3O4. The Bertz CT molecular complexity index is 1110. The molecular weight excluding hydrogens is 406 g/mol. The van der Waals surface area contributed by atoms with E-state index in [-0.39, 0.29) is 30.3 Å². The van der Waals surface area contributed by atoms with E-state index in [9.17, 15) is 9.59 Å². The van der Waals surface area contributed by atoms with Gasteiger partial charge in [-0.15, -0.1) is 0 Å². The maximum absolute atomic E-state index is 13.4. The largest absolute Gasteiger partial charge is 0.455 e. The van der Waals surface area contributed by atoms with Crippen LogP contribution in [0.1, 0.15) is 37.1 Å². The molecule has 2 atom stereocenters. The van der Waals surface area contributed by atoms with Crippen LogP contribution in [0.2, 0.25) is 0 Å². The van der Waals surface area contributed by atoms with Crippen molar-refractivity contribution in [2.24, 2.45) is 11.8 Å². The number of anilines is 1. The van der Waals surface area contributed by atoms with Crippen LogP contribution >= 0.6 is 0 Å². The Morgan fingerprint density at radius 3 is 2.59 bits per heavy atom. The first-order valence-electron chi connectivity index (χ1n) is 11.1. The van der Waals surface area contributed by atoms with E-state index in [1.54, 1.807) is 0 Å². The first-order chi connectivity index (χ1) is 15.7. The van der Waals surface area contributed by atoms with Gasteiger partial charge in [0.15, 0.2) is 6.61 Å². The van der Waals surface area contributed by atoms with E-state index in [4.69, 9.17) is 9.26 Å². The summed E-state index contributed by atoms with van der Waals surface area (Å²) in [5.74, 6) is -0.444. The van der Waals surface area contributed by atoms with Crippen LogP contribution in [-0.4, -0.2) is 28.6 Å². The molecule has 2 heterocycles. The third-order valence-corrected chi connectivity index (χ3v) is 6.38. The van der Waals surface area contributed by atoms with E-state index in [0.717, 1.165) is 30.5 Å². The highest BCUT2D eigenvalue weighted by Gasteiger charge is 2.40. The molecule has 0 N–H and O–H groups in total. The predicted molar refractivity (Wildman–Crippen MR) is 117 cm³/mol. The molecule has 1 aliphatic heterocycles. The number of carbonyl (C=O) groups excluding carboxylic acids is 2.